The lowest BCUT2D eigenvalue weighted by Gasteiger charge is -2.45. The van der Waals surface area contributed by atoms with Crippen molar-refractivity contribution in [2.24, 2.45) is 5.92 Å². The van der Waals surface area contributed by atoms with Crippen molar-refractivity contribution < 1.29 is 33.0 Å². The number of hydrogen-bond donors (Lipinski definition) is 2. The third-order valence-corrected chi connectivity index (χ3v) is 6.09. The molecular weight excluding hydrogens is 496 g/mol. The average molecular weight is 516 g/mol. The van der Waals surface area contributed by atoms with Crippen LogP contribution < -0.4 is 11.5 Å². The molecule has 0 bridgehead atoms. The molecule has 188 valence electrons. The first-order chi connectivity index (χ1) is 17.1. The zero-order chi connectivity index (χ0) is 26.0. The number of carbonyl (C=O) groups excluding carboxylic acids is 3. The quantitative estimate of drug-likeness (QED) is 0.129. The molecule has 2 aliphatic rings. The molecule has 3 atom stereocenters. The standard InChI is InChI=1S/C21H20N6O8S/c1-10(34-21(30)33-9-11-2-4-12(5-3-11)27(31)32)17-13-6-7-14(26(13)18(17)28)19(29)35-36-20-24-15(22)8-16(23)25-20/h2-5,7-8,10,13,17H,6,9H2,1H3,(H4,22,23,24,25)/t10-,13+,17?/m1/s1. The number of non-ortho nitro benzene ring substituents is 1. The lowest BCUT2D eigenvalue weighted by atomic mass is 9.83. The van der Waals surface area contributed by atoms with E-state index in [-0.39, 0.29) is 40.8 Å². The number of benzene rings is 1. The first-order valence-corrected chi connectivity index (χ1v) is 11.3. The Morgan fingerprint density at radius 3 is 2.56 bits per heavy atom. The molecule has 36 heavy (non-hydrogen) atoms. The Morgan fingerprint density at radius 2 is 1.92 bits per heavy atom. The van der Waals surface area contributed by atoms with Gasteiger partial charge in [0.2, 0.25) is 11.1 Å². The van der Waals surface area contributed by atoms with Gasteiger partial charge in [-0.25, -0.2) is 19.6 Å². The van der Waals surface area contributed by atoms with Crippen molar-refractivity contribution in [1.82, 2.24) is 14.9 Å². The second-order valence-corrected chi connectivity index (χ2v) is 8.56. The Labute approximate surface area is 207 Å². The summed E-state index contributed by atoms with van der Waals surface area (Å²) in [5, 5.41) is 10.7. The number of nitrogens with two attached hydrogens (primary N) is 2. The van der Waals surface area contributed by atoms with Crippen molar-refractivity contribution in [2.45, 2.75) is 37.3 Å². The highest BCUT2D eigenvalue weighted by atomic mass is 32.2. The van der Waals surface area contributed by atoms with E-state index in [0.29, 0.717) is 24.0 Å². The Hall–Kier alpha value is -4.40. The fourth-order valence-electron chi connectivity index (χ4n) is 3.87. The van der Waals surface area contributed by atoms with Crippen LogP contribution in [0.25, 0.3) is 0 Å². The van der Waals surface area contributed by atoms with Crippen LogP contribution in [0.4, 0.5) is 22.1 Å². The fourth-order valence-corrected chi connectivity index (χ4v) is 4.40. The van der Waals surface area contributed by atoms with Gasteiger partial charge in [0, 0.05) is 18.2 Å². The normalized spacial score (nSPS) is 19.0. The Morgan fingerprint density at radius 1 is 1.25 bits per heavy atom. The van der Waals surface area contributed by atoms with Crippen LogP contribution in [0.2, 0.25) is 0 Å². The second kappa shape index (κ2) is 10.1. The van der Waals surface area contributed by atoms with E-state index < -0.39 is 35.0 Å². The second-order valence-electron chi connectivity index (χ2n) is 7.87. The van der Waals surface area contributed by atoms with Crippen LogP contribution in [-0.4, -0.2) is 50.0 Å². The number of nitro benzene ring substituents is 1. The molecule has 4 rings (SSSR count). The fraction of sp³-hybridized carbons (Fsp3) is 0.286. The molecule has 0 radical (unpaired) electrons. The molecule has 4 N–H and O–H groups in total. The Balaban J connectivity index is 1.26. The van der Waals surface area contributed by atoms with Crippen molar-refractivity contribution in [3.8, 4) is 0 Å². The minimum Gasteiger partial charge on any atom is -0.430 e. The van der Waals surface area contributed by atoms with E-state index >= 15 is 0 Å². The predicted octanol–water partition coefficient (Wildman–Crippen LogP) is 1.96. The van der Waals surface area contributed by atoms with Gasteiger partial charge in [0.05, 0.1) is 16.9 Å². The third-order valence-electron chi connectivity index (χ3n) is 5.52. The number of ether oxygens (including phenoxy) is 2. The summed E-state index contributed by atoms with van der Waals surface area (Å²) in [5.74, 6) is -1.60. The van der Waals surface area contributed by atoms with Crippen molar-refractivity contribution in [2.75, 3.05) is 11.5 Å². The average Bonchev–Trinajstić information content (AvgIpc) is 3.20. The highest BCUT2D eigenvalue weighted by molar-refractivity contribution is 7.94. The van der Waals surface area contributed by atoms with Crippen LogP contribution in [0.15, 0.2) is 47.3 Å². The van der Waals surface area contributed by atoms with Gasteiger partial charge in [-0.15, -0.1) is 0 Å². The van der Waals surface area contributed by atoms with E-state index in [2.05, 4.69) is 9.97 Å². The topological polar surface area (TPSA) is 203 Å². The summed E-state index contributed by atoms with van der Waals surface area (Å²) in [6, 6.07) is 6.48. The van der Waals surface area contributed by atoms with Crippen LogP contribution in [0.3, 0.4) is 0 Å². The summed E-state index contributed by atoms with van der Waals surface area (Å²) in [7, 11) is 0. The van der Waals surface area contributed by atoms with Gasteiger partial charge in [-0.05, 0) is 31.0 Å². The van der Waals surface area contributed by atoms with Crippen molar-refractivity contribution in [3.63, 3.8) is 0 Å². The van der Waals surface area contributed by atoms with Crippen LogP contribution in [0.1, 0.15) is 18.9 Å². The van der Waals surface area contributed by atoms with E-state index in [9.17, 15) is 24.5 Å². The van der Waals surface area contributed by atoms with Gasteiger partial charge in [-0.3, -0.25) is 14.9 Å². The molecule has 1 unspecified atom stereocenters. The number of rotatable bonds is 8. The molecule has 0 aliphatic carbocycles. The molecule has 1 amide bonds. The highest BCUT2D eigenvalue weighted by Gasteiger charge is 2.56. The van der Waals surface area contributed by atoms with Crippen molar-refractivity contribution in [1.29, 1.82) is 0 Å². The van der Waals surface area contributed by atoms with Gasteiger partial charge in [-0.1, -0.05) is 6.08 Å². The molecule has 14 nitrogen and oxygen atoms in total. The number of anilines is 2. The molecule has 2 aromatic rings. The molecular formula is C21H20N6O8S. The van der Waals surface area contributed by atoms with E-state index in [1.165, 1.54) is 35.2 Å². The molecule has 1 aromatic carbocycles. The maximum atomic E-state index is 12.7. The van der Waals surface area contributed by atoms with Gasteiger partial charge < -0.3 is 30.0 Å². The lowest BCUT2D eigenvalue weighted by molar-refractivity contribution is -0.384. The van der Waals surface area contributed by atoms with E-state index in [0.717, 1.165) is 0 Å². The maximum absolute atomic E-state index is 12.7. The number of carbonyl (C=O) groups is 3. The first kappa shape index (κ1) is 24.7. The molecule has 3 heterocycles. The summed E-state index contributed by atoms with van der Waals surface area (Å²) < 4.78 is 15.4. The van der Waals surface area contributed by atoms with Gasteiger partial charge in [0.25, 0.3) is 5.69 Å². The van der Waals surface area contributed by atoms with Crippen LogP contribution in [0, 0.1) is 16.0 Å². The van der Waals surface area contributed by atoms with Crippen LogP contribution >= 0.6 is 12.0 Å². The number of amides is 1. The molecule has 15 heteroatoms. The van der Waals surface area contributed by atoms with E-state index in [4.69, 9.17) is 25.1 Å². The number of nitrogen functional groups attached to an aromatic ring is 2. The Kier molecular flexibility index (Phi) is 6.91. The number of aromatic nitrogens is 2. The number of nitro groups is 1. The van der Waals surface area contributed by atoms with Gasteiger partial charge in [0.15, 0.2) is 0 Å². The summed E-state index contributed by atoms with van der Waals surface area (Å²) in [4.78, 5) is 56.6. The predicted molar refractivity (Wildman–Crippen MR) is 123 cm³/mol. The number of nitrogens with zero attached hydrogens (tertiary/aromatic N) is 4. The van der Waals surface area contributed by atoms with Gasteiger partial charge in [-0.2, -0.15) is 0 Å². The number of β-lactam (4-membered cyclic amide) rings is 1. The third kappa shape index (κ3) is 5.14. The molecule has 1 fully saturated rings. The summed E-state index contributed by atoms with van der Waals surface area (Å²) in [6.07, 6.45) is 0.138. The zero-order valence-corrected chi connectivity index (χ0v) is 19.5. The van der Waals surface area contributed by atoms with E-state index in [1.54, 1.807) is 13.0 Å². The smallest absolute Gasteiger partial charge is 0.430 e. The van der Waals surface area contributed by atoms with Gasteiger partial charge >= 0.3 is 12.1 Å². The van der Waals surface area contributed by atoms with Crippen LogP contribution in [0.5, 0.6) is 0 Å². The first-order valence-electron chi connectivity index (χ1n) is 10.5. The van der Waals surface area contributed by atoms with E-state index in [1.807, 2.05) is 0 Å². The number of hydrogen-bond acceptors (Lipinski definition) is 13. The largest absolute Gasteiger partial charge is 0.508 e. The monoisotopic (exact) mass is 516 g/mol. The molecule has 2 aliphatic heterocycles. The van der Waals surface area contributed by atoms with Crippen LogP contribution in [-0.2, 0) is 29.9 Å². The highest BCUT2D eigenvalue weighted by Crippen LogP contribution is 2.41. The van der Waals surface area contributed by atoms with Gasteiger partial charge in [0.1, 0.15) is 42.1 Å². The molecule has 1 saturated heterocycles. The number of fused-ring (bicyclic) bond motifs is 1. The van der Waals surface area contributed by atoms with Crippen molar-refractivity contribution in [3.05, 3.63) is 57.8 Å². The molecule has 1 aromatic heterocycles. The van der Waals surface area contributed by atoms with Crippen molar-refractivity contribution >= 4 is 47.4 Å². The molecule has 0 spiro atoms. The zero-order valence-electron chi connectivity index (χ0n) is 18.7. The summed E-state index contributed by atoms with van der Waals surface area (Å²) in [6.45, 7) is 1.40. The minimum absolute atomic E-state index is 0.0399. The minimum atomic E-state index is -0.990. The Bertz CT molecular complexity index is 1230. The SMILES string of the molecule is C[C@@H](OC(=O)OCc1ccc([N+](=O)[O-])cc1)C1C(=O)N2C(C(=O)OSc3nc(N)cc(N)n3)=CC[C@@H]12. The lowest BCUT2D eigenvalue weighted by Crippen LogP contribution is -2.62. The summed E-state index contributed by atoms with van der Waals surface area (Å²) in [5.41, 5.74) is 11.7. The summed E-state index contributed by atoms with van der Waals surface area (Å²) >= 11 is 0.564. The molecule has 0 saturated carbocycles. The maximum Gasteiger partial charge on any atom is 0.508 e.